The number of amides is 1. The average molecular weight is 598 g/mol. The fraction of sp³-hybridized carbons (Fsp3) is 0.407. The van der Waals surface area contributed by atoms with Crippen molar-refractivity contribution in [2.45, 2.75) is 44.2 Å². The number of rotatable bonds is 10. The summed E-state index contributed by atoms with van der Waals surface area (Å²) in [5.74, 6) is -0.239. The van der Waals surface area contributed by atoms with Crippen LogP contribution in [0, 0.1) is 6.92 Å². The maximum atomic E-state index is 13.0. The van der Waals surface area contributed by atoms with Gasteiger partial charge in [-0.25, -0.2) is 8.42 Å². The summed E-state index contributed by atoms with van der Waals surface area (Å²) in [5, 5.41) is 22.0. The summed E-state index contributed by atoms with van der Waals surface area (Å²) < 4.78 is 74.6. The molecule has 2 aliphatic rings. The molecule has 2 aromatic carbocycles. The molecule has 0 aliphatic carbocycles. The van der Waals surface area contributed by atoms with E-state index in [2.05, 4.69) is 15.0 Å². The molecule has 1 spiro atoms. The van der Waals surface area contributed by atoms with Crippen LogP contribution in [-0.4, -0.2) is 79.0 Å². The first-order chi connectivity index (χ1) is 19.3. The zero-order chi connectivity index (χ0) is 29.8. The van der Waals surface area contributed by atoms with Crippen molar-refractivity contribution < 1.29 is 46.1 Å². The first-order valence-electron chi connectivity index (χ1n) is 12.8. The maximum absolute atomic E-state index is 13.0. The van der Waals surface area contributed by atoms with Crippen LogP contribution in [0.2, 0.25) is 0 Å². The van der Waals surface area contributed by atoms with E-state index in [1.807, 2.05) is 0 Å². The van der Waals surface area contributed by atoms with Gasteiger partial charge in [0.2, 0.25) is 10.0 Å². The molecule has 0 radical (unpaired) electrons. The number of hydrogen-bond acceptors (Lipinski definition) is 8. The predicted molar refractivity (Wildman–Crippen MR) is 144 cm³/mol. The lowest BCUT2D eigenvalue weighted by Gasteiger charge is -2.34. The molecule has 0 saturated carbocycles. The Morgan fingerprint density at radius 3 is 2.56 bits per heavy atom. The Morgan fingerprint density at radius 2 is 1.90 bits per heavy atom. The summed E-state index contributed by atoms with van der Waals surface area (Å²) in [6.45, 7) is 1.72. The van der Waals surface area contributed by atoms with E-state index in [1.54, 1.807) is 25.1 Å². The molecular weight excluding hydrogens is 567 g/mol. The monoisotopic (exact) mass is 597 g/mol. The topological polar surface area (TPSA) is 138 Å². The summed E-state index contributed by atoms with van der Waals surface area (Å²) in [6.07, 6.45) is -3.78. The number of amidine groups is 1. The molecule has 1 saturated heterocycles. The SMILES string of the molecule is Cc1cc(OCCC(O)CO)ccc1C=CS(=O)(=O)N1CCC2(CC1)N=C(c1cccc(OC(F)(F)F)c1)NC2=O. The number of aliphatic imine (C=N–C) groups is 1. The van der Waals surface area contributed by atoms with Crippen molar-refractivity contribution in [3.8, 4) is 11.5 Å². The number of benzene rings is 2. The summed E-state index contributed by atoms with van der Waals surface area (Å²) >= 11 is 0. The number of ether oxygens (including phenoxy) is 2. The highest BCUT2D eigenvalue weighted by Gasteiger charge is 2.47. The largest absolute Gasteiger partial charge is 0.573 e. The number of alkyl halides is 3. The van der Waals surface area contributed by atoms with Gasteiger partial charge in [0.15, 0.2) is 0 Å². The molecule has 0 bridgehead atoms. The molecule has 14 heteroatoms. The van der Waals surface area contributed by atoms with E-state index >= 15 is 0 Å². The smallest absolute Gasteiger partial charge is 0.493 e. The number of aliphatic hydroxyl groups excluding tert-OH is 2. The maximum Gasteiger partial charge on any atom is 0.573 e. The molecule has 2 aromatic rings. The van der Waals surface area contributed by atoms with Gasteiger partial charge in [-0.1, -0.05) is 18.2 Å². The lowest BCUT2D eigenvalue weighted by atomic mass is 9.89. The van der Waals surface area contributed by atoms with Crippen LogP contribution in [-0.2, 0) is 14.8 Å². The van der Waals surface area contributed by atoms with Crippen LogP contribution >= 0.6 is 0 Å². The second-order valence-electron chi connectivity index (χ2n) is 9.76. The molecule has 41 heavy (non-hydrogen) atoms. The average Bonchev–Trinajstić information content (AvgIpc) is 3.22. The van der Waals surface area contributed by atoms with Crippen LogP contribution in [0.4, 0.5) is 13.2 Å². The normalized spacial score (nSPS) is 18.4. The second kappa shape index (κ2) is 12.2. The van der Waals surface area contributed by atoms with Crippen LogP contribution in [0.3, 0.4) is 0 Å². The minimum Gasteiger partial charge on any atom is -0.493 e. The molecule has 1 unspecified atom stereocenters. The predicted octanol–water partition coefficient (Wildman–Crippen LogP) is 2.73. The molecule has 0 aromatic heterocycles. The Balaban J connectivity index is 1.39. The van der Waals surface area contributed by atoms with Crippen LogP contribution in [0.15, 0.2) is 52.9 Å². The fourth-order valence-corrected chi connectivity index (χ4v) is 5.70. The fourth-order valence-electron chi connectivity index (χ4n) is 4.52. The van der Waals surface area contributed by atoms with E-state index in [0.717, 1.165) is 23.1 Å². The van der Waals surface area contributed by atoms with Gasteiger partial charge in [-0.05, 0) is 61.2 Å². The van der Waals surface area contributed by atoms with Gasteiger partial charge in [0.1, 0.15) is 22.9 Å². The Morgan fingerprint density at radius 1 is 1.17 bits per heavy atom. The van der Waals surface area contributed by atoms with Crippen molar-refractivity contribution in [2.75, 3.05) is 26.3 Å². The van der Waals surface area contributed by atoms with Crippen LogP contribution < -0.4 is 14.8 Å². The summed E-state index contributed by atoms with van der Waals surface area (Å²) in [5.41, 5.74) is 0.449. The number of aliphatic hydroxyl groups is 2. The standard InChI is InChI=1S/C27H30F3N3O7S/c1-18-15-22(39-13-7-21(35)17-34)6-5-19(18)8-14-41(37,38)33-11-9-26(10-12-33)25(36)31-24(32-26)20-3-2-4-23(16-20)40-27(28,29)30/h2-6,8,14-16,21,34-35H,7,9-13,17H2,1H3,(H,31,32,36). The van der Waals surface area contributed by atoms with Crippen molar-refractivity contribution in [2.24, 2.45) is 4.99 Å². The van der Waals surface area contributed by atoms with Crippen molar-refractivity contribution >= 4 is 27.8 Å². The van der Waals surface area contributed by atoms with Crippen molar-refractivity contribution in [3.05, 3.63) is 64.6 Å². The Bertz CT molecular complexity index is 1440. The van der Waals surface area contributed by atoms with Gasteiger partial charge < -0.3 is 25.0 Å². The van der Waals surface area contributed by atoms with Crippen LogP contribution in [0.25, 0.3) is 6.08 Å². The van der Waals surface area contributed by atoms with E-state index in [1.165, 1.54) is 22.5 Å². The first kappa shape index (κ1) is 30.5. The minimum absolute atomic E-state index is 0.0273. The molecule has 222 valence electrons. The Hall–Kier alpha value is -3.46. The molecule has 1 fully saturated rings. The van der Waals surface area contributed by atoms with Gasteiger partial charge in [0.25, 0.3) is 5.91 Å². The first-order valence-corrected chi connectivity index (χ1v) is 14.3. The van der Waals surface area contributed by atoms with E-state index < -0.39 is 39.7 Å². The van der Waals surface area contributed by atoms with E-state index in [0.29, 0.717) is 11.3 Å². The highest BCUT2D eigenvalue weighted by Crippen LogP contribution is 2.33. The highest BCUT2D eigenvalue weighted by molar-refractivity contribution is 7.92. The van der Waals surface area contributed by atoms with Gasteiger partial charge >= 0.3 is 6.36 Å². The number of carbonyl (C=O) groups is 1. The number of halogens is 3. The van der Waals surface area contributed by atoms with Gasteiger partial charge in [-0.15, -0.1) is 13.2 Å². The van der Waals surface area contributed by atoms with Gasteiger partial charge in [0.05, 0.1) is 19.3 Å². The lowest BCUT2D eigenvalue weighted by Crippen LogP contribution is -2.50. The Kier molecular flexibility index (Phi) is 9.07. The molecule has 1 amide bonds. The quantitative estimate of drug-likeness (QED) is 0.383. The highest BCUT2D eigenvalue weighted by atomic mass is 32.2. The summed E-state index contributed by atoms with van der Waals surface area (Å²) in [6, 6.07) is 10.2. The van der Waals surface area contributed by atoms with Crippen molar-refractivity contribution in [3.63, 3.8) is 0 Å². The van der Waals surface area contributed by atoms with E-state index in [9.17, 15) is 31.5 Å². The number of hydrogen-bond donors (Lipinski definition) is 3. The van der Waals surface area contributed by atoms with Gasteiger partial charge in [-0.3, -0.25) is 9.79 Å². The third kappa shape index (κ3) is 7.64. The number of nitrogens with zero attached hydrogens (tertiary/aromatic N) is 2. The number of carbonyl (C=O) groups excluding carboxylic acids is 1. The molecule has 2 heterocycles. The van der Waals surface area contributed by atoms with Crippen LogP contribution in [0.5, 0.6) is 11.5 Å². The zero-order valence-corrected chi connectivity index (χ0v) is 22.9. The number of piperidine rings is 1. The number of aryl methyl sites for hydroxylation is 1. The van der Waals surface area contributed by atoms with Crippen molar-refractivity contribution in [1.29, 1.82) is 0 Å². The summed E-state index contributed by atoms with van der Waals surface area (Å²) in [7, 11) is -3.82. The molecule has 2 aliphatic heterocycles. The molecular formula is C27H30F3N3O7S. The Labute approximate surface area is 235 Å². The number of sulfonamides is 1. The van der Waals surface area contributed by atoms with Crippen LogP contribution in [0.1, 0.15) is 36.0 Å². The van der Waals surface area contributed by atoms with E-state index in [-0.39, 0.29) is 57.0 Å². The third-order valence-electron chi connectivity index (χ3n) is 6.82. The molecule has 4 rings (SSSR count). The van der Waals surface area contributed by atoms with Gasteiger partial charge in [0, 0.05) is 30.5 Å². The zero-order valence-electron chi connectivity index (χ0n) is 22.1. The minimum atomic E-state index is -4.86. The summed E-state index contributed by atoms with van der Waals surface area (Å²) in [4.78, 5) is 17.3. The lowest BCUT2D eigenvalue weighted by molar-refractivity contribution is -0.274. The van der Waals surface area contributed by atoms with E-state index in [4.69, 9.17) is 9.84 Å². The molecule has 1 atom stereocenters. The van der Waals surface area contributed by atoms with Crippen molar-refractivity contribution in [1.82, 2.24) is 9.62 Å². The van der Waals surface area contributed by atoms with Gasteiger partial charge in [-0.2, -0.15) is 4.31 Å². The number of nitrogens with one attached hydrogen (secondary N) is 1. The molecule has 10 nitrogen and oxygen atoms in total. The second-order valence-corrected chi connectivity index (χ2v) is 11.6. The molecule has 3 N–H and O–H groups in total. The third-order valence-corrected chi connectivity index (χ3v) is 8.39.